The highest BCUT2D eigenvalue weighted by atomic mass is 16.6. The van der Waals surface area contributed by atoms with Gasteiger partial charge in [0.1, 0.15) is 6.79 Å². The molecule has 2 aliphatic carbocycles. The van der Waals surface area contributed by atoms with Crippen LogP contribution in [-0.4, -0.2) is 47.9 Å². The van der Waals surface area contributed by atoms with E-state index in [1.807, 2.05) is 6.34 Å². The van der Waals surface area contributed by atoms with Crippen LogP contribution in [-0.2, 0) is 4.74 Å². The number of hydrogen-bond acceptors (Lipinski definition) is 4. The summed E-state index contributed by atoms with van der Waals surface area (Å²) in [6, 6.07) is 0.284. The van der Waals surface area contributed by atoms with Crippen LogP contribution >= 0.6 is 0 Å². The molecular weight excluding hydrogens is 228 g/mol. The maximum absolute atomic E-state index is 8.78. The van der Waals surface area contributed by atoms with E-state index in [2.05, 4.69) is 28.1 Å². The van der Waals surface area contributed by atoms with Crippen molar-refractivity contribution in [2.24, 2.45) is 4.99 Å². The first-order valence-electron chi connectivity index (χ1n) is 6.70. The number of hydrogen-bond donors (Lipinski definition) is 1. The molecule has 0 bridgehead atoms. The van der Waals surface area contributed by atoms with Crippen LogP contribution in [0.3, 0.4) is 0 Å². The average Bonchev–Trinajstić information content (AvgIpc) is 3.10. The predicted molar refractivity (Wildman–Crippen MR) is 70.4 cm³/mol. The van der Waals surface area contributed by atoms with Gasteiger partial charge in [-0.15, -0.1) is 0 Å². The van der Waals surface area contributed by atoms with Gasteiger partial charge in [0, 0.05) is 0 Å². The zero-order chi connectivity index (χ0) is 12.4. The van der Waals surface area contributed by atoms with Crippen molar-refractivity contribution in [1.29, 1.82) is 0 Å². The minimum Gasteiger partial charge on any atom is -0.371 e. The van der Waals surface area contributed by atoms with Gasteiger partial charge >= 0.3 is 0 Å². The van der Waals surface area contributed by atoms with Crippen LogP contribution in [0.25, 0.3) is 0 Å². The van der Waals surface area contributed by atoms with Gasteiger partial charge in [-0.2, -0.15) is 0 Å². The van der Waals surface area contributed by atoms with Gasteiger partial charge in [-0.25, -0.2) is 0 Å². The Morgan fingerprint density at radius 3 is 3.06 bits per heavy atom. The molecule has 0 amide bonds. The molecule has 1 heterocycles. The topological polar surface area (TPSA) is 45.1 Å². The lowest BCUT2D eigenvalue weighted by Crippen LogP contribution is -2.45. The molecule has 0 spiro atoms. The fourth-order valence-electron chi connectivity index (χ4n) is 3.07. The van der Waals surface area contributed by atoms with Crippen LogP contribution in [0.4, 0.5) is 0 Å². The van der Waals surface area contributed by atoms with Crippen molar-refractivity contribution in [1.82, 2.24) is 4.90 Å². The predicted octanol–water partition coefficient (Wildman–Crippen LogP) is 1.47. The van der Waals surface area contributed by atoms with Gasteiger partial charge in [-0.1, -0.05) is 18.2 Å². The fraction of sp³-hybridized carbons (Fsp3) is 0.643. The molecule has 98 valence electrons. The smallest absolute Gasteiger partial charge is 0.143 e. The van der Waals surface area contributed by atoms with Gasteiger partial charge in [0.2, 0.25) is 0 Å². The summed E-state index contributed by atoms with van der Waals surface area (Å²) in [5.41, 5.74) is 1.74. The fourth-order valence-corrected chi connectivity index (χ4v) is 3.07. The second kappa shape index (κ2) is 4.86. The van der Waals surface area contributed by atoms with E-state index in [1.165, 1.54) is 18.4 Å². The summed E-state index contributed by atoms with van der Waals surface area (Å²) in [5.74, 6) is 0. The third-order valence-corrected chi connectivity index (χ3v) is 4.15. The molecule has 0 aromatic rings. The maximum atomic E-state index is 8.78. The van der Waals surface area contributed by atoms with Crippen molar-refractivity contribution < 1.29 is 9.84 Å². The van der Waals surface area contributed by atoms with Crippen LogP contribution in [0, 0.1) is 0 Å². The second-order valence-corrected chi connectivity index (χ2v) is 5.23. The van der Waals surface area contributed by atoms with Crippen molar-refractivity contribution in [3.63, 3.8) is 0 Å². The summed E-state index contributed by atoms with van der Waals surface area (Å²) >= 11 is 0. The molecule has 1 fully saturated rings. The first kappa shape index (κ1) is 11.9. The lowest BCUT2D eigenvalue weighted by atomic mass is 9.94. The summed E-state index contributed by atoms with van der Waals surface area (Å²) in [6.07, 6.45) is 13.4. The Labute approximate surface area is 108 Å². The zero-order valence-corrected chi connectivity index (χ0v) is 10.6. The quantitative estimate of drug-likeness (QED) is 0.749. The van der Waals surface area contributed by atoms with Crippen LogP contribution in [0.5, 0.6) is 0 Å². The molecule has 0 radical (unpaired) electrons. The minimum atomic E-state index is -0.206. The van der Waals surface area contributed by atoms with Crippen LogP contribution in [0.2, 0.25) is 0 Å². The SMILES string of the molecule is OCOCC1CN=CN1C1(C2=CC=CCC2)CC1. The average molecular weight is 248 g/mol. The number of aliphatic imine (C=N–C) groups is 1. The molecular formula is C14H20N2O2. The molecule has 1 atom stereocenters. The molecule has 3 aliphatic rings. The Balaban J connectivity index is 1.74. The number of ether oxygens (including phenoxy) is 1. The van der Waals surface area contributed by atoms with E-state index in [-0.39, 0.29) is 18.4 Å². The standard InChI is InChI=1S/C14H20N2O2/c17-11-18-9-13-8-15-10-16(13)14(6-7-14)12-4-2-1-3-5-12/h1-2,4,10,13,17H,3,5-9,11H2. The highest BCUT2D eigenvalue weighted by molar-refractivity contribution is 5.63. The highest BCUT2D eigenvalue weighted by Crippen LogP contribution is 2.50. The Morgan fingerprint density at radius 2 is 2.39 bits per heavy atom. The number of aliphatic hydroxyl groups is 1. The van der Waals surface area contributed by atoms with E-state index in [4.69, 9.17) is 9.84 Å². The lowest BCUT2D eigenvalue weighted by molar-refractivity contribution is -0.0204. The third-order valence-electron chi connectivity index (χ3n) is 4.15. The molecule has 3 rings (SSSR count). The second-order valence-electron chi connectivity index (χ2n) is 5.23. The van der Waals surface area contributed by atoms with E-state index in [0.29, 0.717) is 6.61 Å². The van der Waals surface area contributed by atoms with Gasteiger partial charge in [0.15, 0.2) is 0 Å². The number of allylic oxidation sites excluding steroid dienone is 3. The normalized spacial score (nSPS) is 28.6. The van der Waals surface area contributed by atoms with E-state index >= 15 is 0 Å². The number of nitrogens with zero attached hydrogens (tertiary/aromatic N) is 2. The van der Waals surface area contributed by atoms with Crippen LogP contribution in [0.1, 0.15) is 25.7 Å². The first-order valence-corrected chi connectivity index (χ1v) is 6.70. The summed E-state index contributed by atoms with van der Waals surface area (Å²) < 4.78 is 5.16. The molecule has 0 aromatic carbocycles. The molecule has 18 heavy (non-hydrogen) atoms. The lowest BCUT2D eigenvalue weighted by Gasteiger charge is -2.35. The van der Waals surface area contributed by atoms with Crippen molar-refractivity contribution in [3.8, 4) is 0 Å². The van der Waals surface area contributed by atoms with Crippen molar-refractivity contribution in [2.75, 3.05) is 19.9 Å². The van der Waals surface area contributed by atoms with Gasteiger partial charge in [-0.3, -0.25) is 4.99 Å². The van der Waals surface area contributed by atoms with E-state index in [0.717, 1.165) is 19.4 Å². The number of rotatable bonds is 5. The largest absolute Gasteiger partial charge is 0.371 e. The zero-order valence-electron chi connectivity index (χ0n) is 10.6. The maximum Gasteiger partial charge on any atom is 0.143 e. The molecule has 1 unspecified atom stereocenters. The van der Waals surface area contributed by atoms with Crippen LogP contribution < -0.4 is 0 Å². The molecule has 4 nitrogen and oxygen atoms in total. The van der Waals surface area contributed by atoms with Gasteiger partial charge in [0.25, 0.3) is 0 Å². The summed E-state index contributed by atoms with van der Waals surface area (Å²) in [6.45, 7) is 1.13. The molecule has 1 N–H and O–H groups in total. The summed E-state index contributed by atoms with van der Waals surface area (Å²) in [4.78, 5) is 6.76. The van der Waals surface area contributed by atoms with E-state index in [1.54, 1.807) is 0 Å². The molecule has 4 heteroatoms. The van der Waals surface area contributed by atoms with Crippen molar-refractivity contribution >= 4 is 6.34 Å². The Morgan fingerprint density at radius 1 is 1.50 bits per heavy atom. The minimum absolute atomic E-state index is 0.203. The molecule has 1 saturated carbocycles. The first-order chi connectivity index (χ1) is 8.87. The Kier molecular flexibility index (Phi) is 3.22. The Bertz CT molecular complexity index is 397. The van der Waals surface area contributed by atoms with E-state index in [9.17, 15) is 0 Å². The van der Waals surface area contributed by atoms with Crippen molar-refractivity contribution in [3.05, 3.63) is 23.8 Å². The third kappa shape index (κ3) is 1.99. The van der Waals surface area contributed by atoms with Gasteiger partial charge in [-0.05, 0) is 31.3 Å². The van der Waals surface area contributed by atoms with Crippen molar-refractivity contribution in [2.45, 2.75) is 37.3 Å². The van der Waals surface area contributed by atoms with Crippen LogP contribution in [0.15, 0.2) is 28.8 Å². The van der Waals surface area contributed by atoms with Gasteiger partial charge < -0.3 is 14.7 Å². The monoisotopic (exact) mass is 248 g/mol. The van der Waals surface area contributed by atoms with Gasteiger partial charge in [0.05, 0.1) is 31.1 Å². The van der Waals surface area contributed by atoms with E-state index < -0.39 is 0 Å². The summed E-state index contributed by atoms with van der Waals surface area (Å²) in [5, 5.41) is 8.78. The summed E-state index contributed by atoms with van der Waals surface area (Å²) in [7, 11) is 0. The number of aliphatic hydroxyl groups excluding tert-OH is 1. The molecule has 1 aliphatic heterocycles. The molecule has 0 aromatic heterocycles. The molecule has 0 saturated heterocycles. The highest BCUT2D eigenvalue weighted by Gasteiger charge is 2.52. The Hall–Kier alpha value is -1.13.